The fraction of sp³-hybridized carbons (Fsp3) is 0.417. The van der Waals surface area contributed by atoms with Crippen molar-refractivity contribution in [3.8, 4) is 0 Å². The Bertz CT molecular complexity index is 442. The van der Waals surface area contributed by atoms with Gasteiger partial charge in [0.1, 0.15) is 6.04 Å². The molecule has 1 fully saturated rings. The lowest BCUT2D eigenvalue weighted by molar-refractivity contribution is -0.142. The first-order valence-electron chi connectivity index (χ1n) is 5.48. The van der Waals surface area contributed by atoms with Crippen molar-refractivity contribution in [3.63, 3.8) is 0 Å². The summed E-state index contributed by atoms with van der Waals surface area (Å²) in [5.41, 5.74) is 0.967. The van der Waals surface area contributed by atoms with Crippen LogP contribution in [0.5, 0.6) is 0 Å². The summed E-state index contributed by atoms with van der Waals surface area (Å²) in [6.45, 7) is 1.41. The number of benzene rings is 1. The van der Waals surface area contributed by atoms with Crippen LogP contribution in [-0.4, -0.2) is 28.6 Å². The summed E-state index contributed by atoms with van der Waals surface area (Å²) in [5.74, 6) is -0.742. The first-order chi connectivity index (χ1) is 8.08. The highest BCUT2D eigenvalue weighted by molar-refractivity contribution is 9.10. The third kappa shape index (κ3) is 3.60. The molecule has 0 amide bonds. The molecule has 0 aliphatic carbocycles. The first-order valence-corrected chi connectivity index (χ1v) is 6.66. The van der Waals surface area contributed by atoms with Crippen LogP contribution in [0.3, 0.4) is 0 Å². The van der Waals surface area contributed by atoms with E-state index in [0.717, 1.165) is 29.4 Å². The minimum Gasteiger partial charge on any atom is -0.480 e. The molecule has 100 valence electrons. The summed E-state index contributed by atoms with van der Waals surface area (Å²) < 4.78 is 0.961. The van der Waals surface area contributed by atoms with Crippen LogP contribution >= 0.6 is 39.9 Å². The standard InChI is InChI=1S/C12H13BrClNO2.ClH/c13-9-3-4-10(14)8(6-9)7-15-5-1-2-11(15)12(16)17;/h3-4,6,11H,1-2,5,7H2,(H,16,17);1H. The largest absolute Gasteiger partial charge is 0.480 e. The normalized spacial score (nSPS) is 19.6. The number of hydrogen-bond donors (Lipinski definition) is 1. The van der Waals surface area contributed by atoms with Crippen LogP contribution in [0, 0.1) is 0 Å². The molecule has 1 atom stereocenters. The zero-order valence-corrected chi connectivity index (χ0v) is 12.8. The van der Waals surface area contributed by atoms with Gasteiger partial charge in [-0.15, -0.1) is 12.4 Å². The van der Waals surface area contributed by atoms with E-state index in [9.17, 15) is 4.79 Å². The molecule has 1 aliphatic heterocycles. The van der Waals surface area contributed by atoms with Gasteiger partial charge in [-0.05, 0) is 43.1 Å². The summed E-state index contributed by atoms with van der Waals surface area (Å²) in [6.07, 6.45) is 1.66. The van der Waals surface area contributed by atoms with Crippen LogP contribution in [0.1, 0.15) is 18.4 Å². The van der Waals surface area contributed by atoms with Gasteiger partial charge in [-0.2, -0.15) is 0 Å². The second-order valence-corrected chi connectivity index (χ2v) is 5.53. The molecule has 1 aromatic rings. The number of hydrogen-bond acceptors (Lipinski definition) is 2. The molecule has 3 nitrogen and oxygen atoms in total. The van der Waals surface area contributed by atoms with E-state index in [1.54, 1.807) is 0 Å². The maximum absolute atomic E-state index is 11.1. The minimum absolute atomic E-state index is 0. The Morgan fingerprint density at radius 2 is 2.28 bits per heavy atom. The van der Waals surface area contributed by atoms with E-state index >= 15 is 0 Å². The van der Waals surface area contributed by atoms with Gasteiger partial charge in [-0.25, -0.2) is 0 Å². The van der Waals surface area contributed by atoms with Crippen LogP contribution in [0.15, 0.2) is 22.7 Å². The molecule has 1 N–H and O–H groups in total. The Labute approximate surface area is 126 Å². The van der Waals surface area contributed by atoms with Gasteiger partial charge in [0.2, 0.25) is 0 Å². The molecule has 1 heterocycles. The molecule has 1 saturated heterocycles. The molecule has 0 aromatic heterocycles. The summed E-state index contributed by atoms with van der Waals surface area (Å²) in [6, 6.07) is 5.28. The van der Waals surface area contributed by atoms with Gasteiger partial charge in [0.15, 0.2) is 0 Å². The Balaban J connectivity index is 0.00000162. The predicted octanol–water partition coefficient (Wildman–Crippen LogP) is 3.57. The number of carboxylic acids is 1. The minimum atomic E-state index is -0.742. The summed E-state index contributed by atoms with van der Waals surface area (Å²) in [4.78, 5) is 13.0. The maximum Gasteiger partial charge on any atom is 0.320 e. The number of carbonyl (C=O) groups is 1. The molecule has 1 aliphatic rings. The smallest absolute Gasteiger partial charge is 0.320 e. The average Bonchev–Trinajstić information content (AvgIpc) is 2.71. The number of nitrogens with zero attached hydrogens (tertiary/aromatic N) is 1. The number of likely N-dealkylation sites (tertiary alicyclic amines) is 1. The fourth-order valence-corrected chi connectivity index (χ4v) is 2.76. The monoisotopic (exact) mass is 353 g/mol. The van der Waals surface area contributed by atoms with Crippen LogP contribution in [0.4, 0.5) is 0 Å². The molecular weight excluding hydrogens is 341 g/mol. The molecular formula is C12H14BrCl2NO2. The van der Waals surface area contributed by atoms with E-state index in [2.05, 4.69) is 15.9 Å². The lowest BCUT2D eigenvalue weighted by Gasteiger charge is -2.21. The lowest BCUT2D eigenvalue weighted by atomic mass is 10.2. The summed E-state index contributed by atoms with van der Waals surface area (Å²) in [5, 5.41) is 9.79. The van der Waals surface area contributed by atoms with Gasteiger partial charge in [0.25, 0.3) is 0 Å². The molecule has 6 heteroatoms. The second kappa shape index (κ2) is 6.75. The maximum atomic E-state index is 11.1. The Hall–Kier alpha value is -0.290. The van der Waals surface area contributed by atoms with Crippen LogP contribution in [-0.2, 0) is 11.3 Å². The molecule has 1 unspecified atom stereocenters. The van der Waals surface area contributed by atoms with E-state index in [1.165, 1.54) is 0 Å². The quantitative estimate of drug-likeness (QED) is 0.901. The number of halogens is 3. The van der Waals surface area contributed by atoms with Gasteiger partial charge < -0.3 is 5.11 Å². The van der Waals surface area contributed by atoms with Gasteiger partial charge >= 0.3 is 5.97 Å². The van der Waals surface area contributed by atoms with Crippen molar-refractivity contribution in [1.29, 1.82) is 0 Å². The van der Waals surface area contributed by atoms with Crippen molar-refractivity contribution in [3.05, 3.63) is 33.3 Å². The lowest BCUT2D eigenvalue weighted by Crippen LogP contribution is -2.35. The van der Waals surface area contributed by atoms with Crippen molar-refractivity contribution < 1.29 is 9.90 Å². The van der Waals surface area contributed by atoms with Gasteiger partial charge in [0.05, 0.1) is 0 Å². The van der Waals surface area contributed by atoms with E-state index in [0.29, 0.717) is 11.6 Å². The van der Waals surface area contributed by atoms with Crippen LogP contribution < -0.4 is 0 Å². The highest BCUT2D eigenvalue weighted by atomic mass is 79.9. The zero-order valence-electron chi connectivity index (χ0n) is 9.60. The first kappa shape index (κ1) is 15.8. The number of aliphatic carboxylic acids is 1. The third-order valence-corrected chi connectivity index (χ3v) is 3.89. The molecule has 2 rings (SSSR count). The predicted molar refractivity (Wildman–Crippen MR) is 77.5 cm³/mol. The molecule has 0 radical (unpaired) electrons. The molecule has 18 heavy (non-hydrogen) atoms. The number of rotatable bonds is 3. The van der Waals surface area contributed by atoms with E-state index < -0.39 is 5.97 Å². The molecule has 0 saturated carbocycles. The Kier molecular flexibility index (Phi) is 5.92. The SMILES string of the molecule is Cl.O=C(O)C1CCCN1Cc1cc(Br)ccc1Cl. The van der Waals surface area contributed by atoms with Crippen molar-refractivity contribution in [2.75, 3.05) is 6.54 Å². The van der Waals surface area contributed by atoms with Crippen molar-refractivity contribution in [1.82, 2.24) is 4.90 Å². The fourth-order valence-electron chi connectivity index (χ4n) is 2.18. The molecule has 0 spiro atoms. The Morgan fingerprint density at radius 1 is 1.56 bits per heavy atom. The number of carboxylic acid groups (broad SMARTS) is 1. The van der Waals surface area contributed by atoms with Crippen molar-refractivity contribution >= 4 is 45.9 Å². The van der Waals surface area contributed by atoms with E-state index in [1.807, 2.05) is 23.1 Å². The highest BCUT2D eigenvalue weighted by Gasteiger charge is 2.30. The second-order valence-electron chi connectivity index (χ2n) is 4.20. The van der Waals surface area contributed by atoms with Crippen molar-refractivity contribution in [2.45, 2.75) is 25.4 Å². The highest BCUT2D eigenvalue weighted by Crippen LogP contribution is 2.26. The van der Waals surface area contributed by atoms with Gasteiger partial charge in [-0.3, -0.25) is 9.69 Å². The van der Waals surface area contributed by atoms with Gasteiger partial charge in [-0.1, -0.05) is 27.5 Å². The van der Waals surface area contributed by atoms with Crippen molar-refractivity contribution in [2.24, 2.45) is 0 Å². The molecule has 1 aromatic carbocycles. The summed E-state index contributed by atoms with van der Waals surface area (Å²) in [7, 11) is 0. The third-order valence-electron chi connectivity index (χ3n) is 3.03. The van der Waals surface area contributed by atoms with Gasteiger partial charge in [0, 0.05) is 16.0 Å². The Morgan fingerprint density at radius 3 is 2.94 bits per heavy atom. The van der Waals surface area contributed by atoms with E-state index in [-0.39, 0.29) is 18.4 Å². The average molecular weight is 355 g/mol. The summed E-state index contributed by atoms with van der Waals surface area (Å²) >= 11 is 9.50. The molecule has 0 bridgehead atoms. The van der Waals surface area contributed by atoms with Crippen LogP contribution in [0.25, 0.3) is 0 Å². The van der Waals surface area contributed by atoms with Crippen LogP contribution in [0.2, 0.25) is 5.02 Å². The zero-order chi connectivity index (χ0) is 12.4. The van der Waals surface area contributed by atoms with E-state index in [4.69, 9.17) is 16.7 Å². The topological polar surface area (TPSA) is 40.5 Å².